The Morgan fingerprint density at radius 3 is 2.14 bits per heavy atom. The smallest absolute Gasteiger partial charge is 0.255 e. The van der Waals surface area contributed by atoms with Crippen molar-refractivity contribution in [2.75, 3.05) is 0 Å². The van der Waals surface area contributed by atoms with E-state index in [0.717, 1.165) is 0 Å². The number of ether oxygens (including phenoxy) is 1. The lowest BCUT2D eigenvalue weighted by molar-refractivity contribution is 0.242. The first-order chi connectivity index (χ1) is 3.13. The third-order valence-electron chi connectivity index (χ3n) is 0.328. The van der Waals surface area contributed by atoms with Crippen molar-refractivity contribution in [1.29, 1.82) is 0 Å². The SMILES string of the molecule is CC(C)OC(=S)Cl. The molecule has 0 aromatic heterocycles. The van der Waals surface area contributed by atoms with Crippen LogP contribution in [0.1, 0.15) is 13.8 Å². The van der Waals surface area contributed by atoms with Gasteiger partial charge in [0.2, 0.25) is 0 Å². The van der Waals surface area contributed by atoms with Crippen LogP contribution in [-0.4, -0.2) is 10.6 Å². The molecule has 0 aliphatic rings. The molecule has 0 fully saturated rings. The van der Waals surface area contributed by atoms with E-state index in [2.05, 4.69) is 12.2 Å². The highest BCUT2D eigenvalue weighted by Crippen LogP contribution is 1.93. The maximum Gasteiger partial charge on any atom is 0.255 e. The maximum atomic E-state index is 5.18. The molecular weight excluding hydrogens is 132 g/mol. The van der Waals surface area contributed by atoms with Crippen molar-refractivity contribution in [2.45, 2.75) is 20.0 Å². The number of rotatable bonds is 1. The predicted octanol–water partition coefficient (Wildman–Crippen LogP) is 1.94. The number of hydrogen-bond acceptors (Lipinski definition) is 2. The molecule has 0 aliphatic carbocycles. The van der Waals surface area contributed by atoms with Gasteiger partial charge < -0.3 is 4.74 Å². The van der Waals surface area contributed by atoms with Gasteiger partial charge in [-0.2, -0.15) is 0 Å². The minimum atomic E-state index is 0.0926. The summed E-state index contributed by atoms with van der Waals surface area (Å²) in [6.45, 7) is 3.74. The quantitative estimate of drug-likeness (QED) is 0.405. The largest absolute Gasteiger partial charge is 0.472 e. The van der Waals surface area contributed by atoms with Crippen LogP contribution in [0.4, 0.5) is 0 Å². The first-order valence-corrected chi connectivity index (χ1v) is 2.77. The normalized spacial score (nSPS) is 9.14. The summed E-state index contributed by atoms with van der Waals surface area (Å²) in [5.74, 6) is 0. The van der Waals surface area contributed by atoms with Crippen molar-refractivity contribution in [3.05, 3.63) is 0 Å². The van der Waals surface area contributed by atoms with Crippen LogP contribution in [0.3, 0.4) is 0 Å². The zero-order valence-electron chi connectivity index (χ0n) is 4.27. The second-order valence-electron chi connectivity index (χ2n) is 1.40. The lowest BCUT2D eigenvalue weighted by atomic mass is 10.5. The maximum absolute atomic E-state index is 5.18. The summed E-state index contributed by atoms with van der Waals surface area (Å²) in [4.78, 5) is 0. The van der Waals surface area contributed by atoms with E-state index >= 15 is 0 Å². The van der Waals surface area contributed by atoms with Crippen molar-refractivity contribution in [3.63, 3.8) is 0 Å². The first-order valence-electron chi connectivity index (χ1n) is 1.99. The summed E-state index contributed by atoms with van der Waals surface area (Å²) in [5.41, 5.74) is 0. The molecule has 7 heavy (non-hydrogen) atoms. The van der Waals surface area contributed by atoms with E-state index in [-0.39, 0.29) is 10.6 Å². The predicted molar refractivity (Wildman–Crippen MR) is 34.7 cm³/mol. The highest BCUT2D eigenvalue weighted by Gasteiger charge is 1.92. The van der Waals surface area contributed by atoms with Crippen molar-refractivity contribution in [1.82, 2.24) is 0 Å². The van der Waals surface area contributed by atoms with Crippen molar-refractivity contribution >= 4 is 28.3 Å². The Balaban J connectivity index is 3.13. The molecule has 0 amide bonds. The van der Waals surface area contributed by atoms with E-state index in [9.17, 15) is 0 Å². The van der Waals surface area contributed by atoms with Crippen molar-refractivity contribution in [2.24, 2.45) is 0 Å². The zero-order chi connectivity index (χ0) is 5.86. The molecule has 0 rings (SSSR count). The molecule has 42 valence electrons. The molecule has 0 aromatic rings. The number of halogens is 1. The zero-order valence-corrected chi connectivity index (χ0v) is 5.84. The topological polar surface area (TPSA) is 9.23 Å². The van der Waals surface area contributed by atoms with Crippen LogP contribution < -0.4 is 0 Å². The first kappa shape index (κ1) is 7.18. The fraction of sp³-hybridized carbons (Fsp3) is 0.750. The van der Waals surface area contributed by atoms with Crippen LogP contribution in [0.2, 0.25) is 0 Å². The molecule has 1 nitrogen and oxygen atoms in total. The van der Waals surface area contributed by atoms with Gasteiger partial charge in [-0.1, -0.05) is 0 Å². The average Bonchev–Trinajstić information content (AvgIpc) is 1.27. The third-order valence-corrected chi connectivity index (χ3v) is 0.514. The molecule has 0 aliphatic heterocycles. The monoisotopic (exact) mass is 138 g/mol. The third kappa shape index (κ3) is 6.18. The highest BCUT2D eigenvalue weighted by molar-refractivity contribution is 7.82. The van der Waals surface area contributed by atoms with Gasteiger partial charge in [-0.3, -0.25) is 0 Å². The summed E-state index contributed by atoms with van der Waals surface area (Å²) in [5, 5.41) is 0. The van der Waals surface area contributed by atoms with Gasteiger partial charge in [0, 0.05) is 0 Å². The van der Waals surface area contributed by atoms with Gasteiger partial charge in [-0.15, -0.1) is 0 Å². The molecule has 0 N–H and O–H groups in total. The van der Waals surface area contributed by atoms with Gasteiger partial charge in [-0.25, -0.2) is 0 Å². The van der Waals surface area contributed by atoms with E-state index in [1.165, 1.54) is 0 Å². The van der Waals surface area contributed by atoms with E-state index < -0.39 is 0 Å². The van der Waals surface area contributed by atoms with Crippen LogP contribution in [0, 0.1) is 0 Å². The van der Waals surface area contributed by atoms with Gasteiger partial charge >= 0.3 is 0 Å². The van der Waals surface area contributed by atoms with Gasteiger partial charge in [0.1, 0.15) is 0 Å². The Hall–Kier alpha value is 0.180. The molecule has 0 spiro atoms. The van der Waals surface area contributed by atoms with Crippen molar-refractivity contribution in [3.8, 4) is 0 Å². The summed E-state index contributed by atoms with van der Waals surface area (Å²) >= 11 is 9.60. The molecule has 0 atom stereocenters. The second kappa shape index (κ2) is 3.22. The van der Waals surface area contributed by atoms with Crippen LogP contribution in [0.5, 0.6) is 0 Å². The van der Waals surface area contributed by atoms with Gasteiger partial charge in [0.05, 0.1) is 6.10 Å². The molecular formula is C4H7ClOS. The van der Waals surface area contributed by atoms with E-state index in [1.54, 1.807) is 0 Å². The summed E-state index contributed by atoms with van der Waals surface area (Å²) in [7, 11) is 0. The minimum absolute atomic E-state index is 0.0926. The molecule has 0 heterocycles. The number of hydrogen-bond donors (Lipinski definition) is 0. The Bertz CT molecular complexity index is 72.1. The second-order valence-corrected chi connectivity index (χ2v) is 2.34. The molecule has 0 aromatic carbocycles. The summed E-state index contributed by atoms with van der Waals surface area (Å²) < 4.78 is 4.84. The highest BCUT2D eigenvalue weighted by atomic mass is 35.5. The average molecular weight is 139 g/mol. The summed E-state index contributed by atoms with van der Waals surface area (Å²) in [6, 6.07) is 0. The van der Waals surface area contributed by atoms with Crippen LogP contribution >= 0.6 is 23.8 Å². The van der Waals surface area contributed by atoms with Crippen LogP contribution in [0.15, 0.2) is 0 Å². The molecule has 3 heteroatoms. The van der Waals surface area contributed by atoms with Crippen LogP contribution in [0.25, 0.3) is 0 Å². The summed E-state index contributed by atoms with van der Waals surface area (Å²) in [6.07, 6.45) is 0.102. The molecule has 0 saturated carbocycles. The lowest BCUT2D eigenvalue weighted by Crippen LogP contribution is -2.02. The van der Waals surface area contributed by atoms with E-state index in [1.807, 2.05) is 13.8 Å². The fourth-order valence-corrected chi connectivity index (χ4v) is 0.556. The molecule has 0 saturated heterocycles. The molecule has 0 bridgehead atoms. The Morgan fingerprint density at radius 2 is 2.14 bits per heavy atom. The van der Waals surface area contributed by atoms with E-state index in [4.69, 9.17) is 16.3 Å². The number of thiocarbonyl (C=S) groups is 1. The van der Waals surface area contributed by atoms with E-state index in [0.29, 0.717) is 0 Å². The fourth-order valence-electron chi connectivity index (χ4n) is 0.185. The van der Waals surface area contributed by atoms with Gasteiger partial charge in [0.25, 0.3) is 4.51 Å². The van der Waals surface area contributed by atoms with Crippen molar-refractivity contribution < 1.29 is 4.74 Å². The molecule has 0 radical (unpaired) electrons. The van der Waals surface area contributed by atoms with Gasteiger partial charge in [0.15, 0.2) is 0 Å². The van der Waals surface area contributed by atoms with Crippen LogP contribution in [-0.2, 0) is 4.74 Å². The Morgan fingerprint density at radius 1 is 1.71 bits per heavy atom. The Labute approximate surface area is 53.6 Å². The standard InChI is InChI=1S/C4H7ClOS/c1-3(2)6-4(5)7/h3H,1-2H3. The Kier molecular flexibility index (Phi) is 3.30. The minimum Gasteiger partial charge on any atom is -0.472 e. The lowest BCUT2D eigenvalue weighted by Gasteiger charge is -2.02. The van der Waals surface area contributed by atoms with Gasteiger partial charge in [-0.05, 0) is 37.7 Å². The molecule has 0 unspecified atom stereocenters.